The van der Waals surface area contributed by atoms with Gasteiger partial charge in [-0.25, -0.2) is 4.79 Å². The maximum atomic E-state index is 12.5. The summed E-state index contributed by atoms with van der Waals surface area (Å²) in [7, 11) is -3.47. The van der Waals surface area contributed by atoms with Crippen LogP contribution in [-0.4, -0.2) is 61.9 Å². The molecule has 0 amide bonds. The predicted octanol–water partition coefficient (Wildman–Crippen LogP) is 0.834. The summed E-state index contributed by atoms with van der Waals surface area (Å²) in [5.74, 6) is -1.60. The summed E-state index contributed by atoms with van der Waals surface area (Å²) in [6.45, 7) is -0.813. The van der Waals surface area contributed by atoms with Gasteiger partial charge in [0.05, 0.1) is 13.7 Å². The molecule has 1 N–H and O–H groups in total. The molecular formula is C19H19F3N2O9S. The number of rotatable bonds is 7. The van der Waals surface area contributed by atoms with Crippen molar-refractivity contribution in [3.05, 3.63) is 62.9 Å². The first-order valence-electron chi connectivity index (χ1n) is 9.81. The van der Waals surface area contributed by atoms with E-state index in [-0.39, 0.29) is 0 Å². The highest BCUT2D eigenvalue weighted by molar-refractivity contribution is 7.86. The first kappa shape index (κ1) is 24.4. The number of fused-ring (bicyclic) bond motifs is 1. The number of nitrogens with zero attached hydrogens (tertiary/aromatic N) is 1. The van der Waals surface area contributed by atoms with Crippen molar-refractivity contribution < 1.29 is 44.7 Å². The maximum absolute atomic E-state index is 12.5. The summed E-state index contributed by atoms with van der Waals surface area (Å²) in [6.07, 6.45) is -9.17. The number of aromatic amines is 1. The van der Waals surface area contributed by atoms with Gasteiger partial charge in [-0.05, 0) is 12.1 Å². The second kappa shape index (κ2) is 9.14. The fraction of sp³-hybridized carbons (Fsp3) is 0.474. The van der Waals surface area contributed by atoms with Crippen LogP contribution in [0.15, 0.2) is 46.1 Å². The second-order valence-electron chi connectivity index (χ2n) is 7.49. The van der Waals surface area contributed by atoms with E-state index in [4.69, 9.17) is 18.9 Å². The Labute approximate surface area is 190 Å². The molecule has 15 heteroatoms. The van der Waals surface area contributed by atoms with Gasteiger partial charge in [-0.3, -0.25) is 18.5 Å². The number of hydrogen-bond acceptors (Lipinski definition) is 9. The van der Waals surface area contributed by atoms with E-state index in [1.165, 1.54) is 7.11 Å². The molecule has 0 spiro atoms. The number of benzene rings is 1. The molecule has 0 saturated carbocycles. The quantitative estimate of drug-likeness (QED) is 0.540. The van der Waals surface area contributed by atoms with Crippen molar-refractivity contribution in [2.45, 2.75) is 37.0 Å². The van der Waals surface area contributed by atoms with E-state index >= 15 is 0 Å². The van der Waals surface area contributed by atoms with Crippen molar-refractivity contribution in [2.24, 2.45) is 0 Å². The number of hydrogen-bond donors (Lipinski definition) is 1. The fourth-order valence-corrected chi connectivity index (χ4v) is 4.48. The Kier molecular flexibility index (Phi) is 6.56. The lowest BCUT2D eigenvalue weighted by molar-refractivity contribution is -0.153. The van der Waals surface area contributed by atoms with Crippen molar-refractivity contribution in [2.75, 3.05) is 19.5 Å². The molecule has 1 aromatic carbocycles. The van der Waals surface area contributed by atoms with Gasteiger partial charge in [-0.2, -0.15) is 21.6 Å². The molecule has 0 aliphatic carbocycles. The highest BCUT2D eigenvalue weighted by Crippen LogP contribution is 2.44. The Balaban J connectivity index is 1.58. The van der Waals surface area contributed by atoms with Crippen LogP contribution >= 0.6 is 0 Å². The first-order chi connectivity index (χ1) is 16.0. The molecule has 5 atom stereocenters. The second-order valence-corrected chi connectivity index (χ2v) is 9.13. The van der Waals surface area contributed by atoms with Crippen LogP contribution in [0, 0.1) is 0 Å². The Hall–Kier alpha value is -2.72. The molecule has 11 nitrogen and oxygen atoms in total. The SMILES string of the molecule is COc1ccc(C2O[C@@H]3[C@H](O2)[C@@H](COS(=O)(=O)CC(F)(F)F)O[C@H]3n2ccc(=O)[nH]c2=O)cc1. The van der Waals surface area contributed by atoms with Crippen molar-refractivity contribution in [3.8, 4) is 5.75 Å². The normalized spacial score (nSPS) is 27.0. The summed E-state index contributed by atoms with van der Waals surface area (Å²) in [5, 5.41) is 0. The molecule has 2 saturated heterocycles. The third kappa shape index (κ3) is 5.33. The fourth-order valence-electron chi connectivity index (χ4n) is 3.65. The van der Waals surface area contributed by atoms with E-state index in [1.807, 2.05) is 0 Å². The summed E-state index contributed by atoms with van der Waals surface area (Å²) >= 11 is 0. The molecule has 34 heavy (non-hydrogen) atoms. The van der Waals surface area contributed by atoms with Crippen LogP contribution < -0.4 is 16.0 Å². The maximum Gasteiger partial charge on any atom is 0.405 e. The van der Waals surface area contributed by atoms with Gasteiger partial charge < -0.3 is 18.9 Å². The van der Waals surface area contributed by atoms with Gasteiger partial charge in [0.1, 0.15) is 24.1 Å². The minimum Gasteiger partial charge on any atom is -0.497 e. The third-order valence-corrected chi connectivity index (χ3v) is 6.29. The zero-order valence-corrected chi connectivity index (χ0v) is 18.2. The predicted molar refractivity (Wildman–Crippen MR) is 107 cm³/mol. The van der Waals surface area contributed by atoms with Gasteiger partial charge >= 0.3 is 11.9 Å². The summed E-state index contributed by atoms with van der Waals surface area (Å²) in [4.78, 5) is 25.8. The Morgan fingerprint density at radius 1 is 1.06 bits per heavy atom. The van der Waals surface area contributed by atoms with Crippen LogP contribution in [0.3, 0.4) is 0 Å². The monoisotopic (exact) mass is 508 g/mol. The van der Waals surface area contributed by atoms with Crippen molar-refractivity contribution >= 4 is 10.1 Å². The first-order valence-corrected chi connectivity index (χ1v) is 11.4. The standard InChI is InChI=1S/C19H19F3N2O9S/c1-29-11-4-2-10(3-5-11)17-32-14-12(8-30-34(27,28)9-19(20,21)22)31-16(15(14)33-17)24-7-6-13(25)23-18(24)26/h2-7,12,14-17H,8-9H2,1H3,(H,23,25,26)/t12-,14-,15-,16-,17?/m1/s1. The van der Waals surface area contributed by atoms with Crippen LogP contribution in [0.25, 0.3) is 0 Å². The van der Waals surface area contributed by atoms with Gasteiger partial charge in [-0.1, -0.05) is 12.1 Å². The van der Waals surface area contributed by atoms with E-state index in [2.05, 4.69) is 9.17 Å². The Bertz CT molecular complexity index is 1240. The molecule has 2 fully saturated rings. The molecule has 1 aromatic heterocycles. The number of H-pyrrole nitrogens is 1. The number of halogens is 3. The minimum atomic E-state index is -4.99. The van der Waals surface area contributed by atoms with E-state index in [0.717, 1.165) is 16.8 Å². The molecule has 186 valence electrons. The van der Waals surface area contributed by atoms with Crippen LogP contribution in [0.2, 0.25) is 0 Å². The topological polar surface area (TPSA) is 135 Å². The molecule has 3 heterocycles. The summed E-state index contributed by atoms with van der Waals surface area (Å²) in [5.41, 5.74) is -0.931. The molecule has 4 rings (SSSR count). The van der Waals surface area contributed by atoms with Gasteiger partial charge in [-0.15, -0.1) is 0 Å². The van der Waals surface area contributed by atoms with Crippen LogP contribution in [-0.2, 0) is 28.5 Å². The Morgan fingerprint density at radius 3 is 2.35 bits per heavy atom. The van der Waals surface area contributed by atoms with Gasteiger partial charge in [0.25, 0.3) is 15.7 Å². The molecule has 1 unspecified atom stereocenters. The lowest BCUT2D eigenvalue weighted by Gasteiger charge is -2.21. The van der Waals surface area contributed by atoms with Crippen molar-refractivity contribution in [1.29, 1.82) is 0 Å². The average Bonchev–Trinajstić information content (AvgIpc) is 3.31. The summed E-state index contributed by atoms with van der Waals surface area (Å²) in [6, 6.07) is 7.69. The zero-order valence-electron chi connectivity index (χ0n) is 17.4. The highest BCUT2D eigenvalue weighted by atomic mass is 32.2. The molecule has 0 radical (unpaired) electrons. The highest BCUT2D eigenvalue weighted by Gasteiger charge is 2.54. The van der Waals surface area contributed by atoms with Crippen molar-refractivity contribution in [1.82, 2.24) is 9.55 Å². The number of methoxy groups -OCH3 is 1. The van der Waals surface area contributed by atoms with Crippen molar-refractivity contribution in [3.63, 3.8) is 0 Å². The van der Waals surface area contributed by atoms with Gasteiger partial charge in [0.2, 0.25) is 0 Å². The number of aromatic nitrogens is 2. The number of nitrogens with one attached hydrogen (secondary N) is 1. The van der Waals surface area contributed by atoms with Crippen LogP contribution in [0.4, 0.5) is 13.2 Å². The van der Waals surface area contributed by atoms with E-state index in [0.29, 0.717) is 11.3 Å². The molecular weight excluding hydrogens is 489 g/mol. The van der Waals surface area contributed by atoms with Crippen LogP contribution in [0.5, 0.6) is 5.75 Å². The number of ether oxygens (including phenoxy) is 4. The lowest BCUT2D eigenvalue weighted by atomic mass is 10.1. The van der Waals surface area contributed by atoms with E-state index in [9.17, 15) is 31.2 Å². The molecule has 2 aliphatic heterocycles. The molecule has 0 bridgehead atoms. The zero-order chi connectivity index (χ0) is 24.7. The van der Waals surface area contributed by atoms with Crippen LogP contribution in [0.1, 0.15) is 18.1 Å². The minimum absolute atomic E-state index is 0.562. The van der Waals surface area contributed by atoms with E-state index in [1.54, 1.807) is 24.3 Å². The smallest absolute Gasteiger partial charge is 0.405 e. The summed E-state index contributed by atoms with van der Waals surface area (Å²) < 4.78 is 89.0. The van der Waals surface area contributed by atoms with Gasteiger partial charge in [0, 0.05) is 17.8 Å². The average molecular weight is 508 g/mol. The molecule has 2 aliphatic rings. The Morgan fingerprint density at radius 2 is 1.74 bits per heavy atom. The van der Waals surface area contributed by atoms with E-state index < -0.39 is 70.7 Å². The van der Waals surface area contributed by atoms with Gasteiger partial charge in [0.15, 0.2) is 18.3 Å². The number of alkyl halides is 3. The lowest BCUT2D eigenvalue weighted by Crippen LogP contribution is -2.36. The largest absolute Gasteiger partial charge is 0.497 e. The third-order valence-electron chi connectivity index (χ3n) is 5.11. The molecule has 2 aromatic rings.